The molecule has 0 fully saturated rings. The van der Waals surface area contributed by atoms with Crippen LogP contribution < -0.4 is 25.4 Å². The normalized spacial score (nSPS) is 10.8. The third-order valence-corrected chi connectivity index (χ3v) is 5.01. The molecule has 0 atom stereocenters. The maximum absolute atomic E-state index is 12.7. The highest BCUT2D eigenvalue weighted by Gasteiger charge is 2.17. The first kappa shape index (κ1) is 23.4. The Morgan fingerprint density at radius 3 is 2.53 bits per heavy atom. The quantitative estimate of drug-likeness (QED) is 0.347. The van der Waals surface area contributed by atoms with Crippen LogP contribution in [-0.4, -0.2) is 62.5 Å². The topological polar surface area (TPSA) is 128 Å². The molecule has 0 saturated heterocycles. The summed E-state index contributed by atoms with van der Waals surface area (Å²) in [6.07, 6.45) is 0. The van der Waals surface area contributed by atoms with E-state index in [9.17, 15) is 4.79 Å². The zero-order valence-corrected chi connectivity index (χ0v) is 19.5. The van der Waals surface area contributed by atoms with Crippen LogP contribution in [0.25, 0.3) is 5.78 Å². The molecule has 0 aliphatic heterocycles. The summed E-state index contributed by atoms with van der Waals surface area (Å²) in [5.74, 6) is 2.58. The molecule has 0 radical (unpaired) electrons. The number of fused-ring (bicyclic) bond motifs is 1. The minimum absolute atomic E-state index is 0.117. The van der Waals surface area contributed by atoms with E-state index in [1.165, 1.54) is 11.8 Å². The van der Waals surface area contributed by atoms with Crippen molar-refractivity contribution in [1.82, 2.24) is 24.6 Å². The van der Waals surface area contributed by atoms with Crippen LogP contribution in [0.5, 0.6) is 11.5 Å². The van der Waals surface area contributed by atoms with Crippen molar-refractivity contribution in [2.24, 2.45) is 0 Å². The van der Waals surface area contributed by atoms with Crippen molar-refractivity contribution in [3.63, 3.8) is 0 Å². The van der Waals surface area contributed by atoms with Crippen LogP contribution in [0.2, 0.25) is 0 Å². The summed E-state index contributed by atoms with van der Waals surface area (Å²) in [6, 6.07) is 5.35. The molecule has 0 aliphatic rings. The summed E-state index contributed by atoms with van der Waals surface area (Å²) in [6.45, 7) is 10.1. The summed E-state index contributed by atoms with van der Waals surface area (Å²) in [5, 5.41) is 18.0. The van der Waals surface area contributed by atoms with Crippen molar-refractivity contribution in [1.29, 1.82) is 0 Å². The van der Waals surface area contributed by atoms with E-state index in [4.69, 9.17) is 9.47 Å². The highest BCUT2D eigenvalue weighted by atomic mass is 32.2. The summed E-state index contributed by atoms with van der Waals surface area (Å²) in [5.41, 5.74) is 0.557. The Hall–Kier alpha value is -3.28. The van der Waals surface area contributed by atoms with E-state index in [1.807, 2.05) is 33.8 Å². The third kappa shape index (κ3) is 5.69. The Labute approximate surface area is 190 Å². The molecule has 0 aliphatic carbocycles. The molecule has 2 heterocycles. The predicted octanol–water partition coefficient (Wildman–Crippen LogP) is 2.91. The number of aromatic nitrogens is 5. The summed E-state index contributed by atoms with van der Waals surface area (Å²) < 4.78 is 12.8. The molecule has 0 bridgehead atoms. The van der Waals surface area contributed by atoms with Gasteiger partial charge < -0.3 is 25.4 Å². The number of nitrogens with zero attached hydrogens (tertiary/aromatic N) is 5. The number of nitrogens with one attached hydrogen (secondary N) is 3. The molecule has 0 unspecified atom stereocenters. The number of rotatable bonds is 12. The monoisotopic (exact) mass is 460 g/mol. The fourth-order valence-corrected chi connectivity index (χ4v) is 3.59. The number of hydrogen-bond acceptors (Lipinski definition) is 10. The number of hydrogen-bond donors (Lipinski definition) is 3. The average molecular weight is 461 g/mol. The lowest BCUT2D eigenvalue weighted by Crippen LogP contribution is -2.16. The minimum Gasteiger partial charge on any atom is -0.494 e. The average Bonchev–Trinajstić information content (AvgIpc) is 3.18. The molecule has 1 amide bonds. The zero-order chi connectivity index (χ0) is 22.9. The lowest BCUT2D eigenvalue weighted by Gasteiger charge is -2.13. The van der Waals surface area contributed by atoms with E-state index < -0.39 is 0 Å². The highest BCUT2D eigenvalue weighted by Crippen LogP contribution is 2.30. The van der Waals surface area contributed by atoms with Crippen molar-refractivity contribution in [2.45, 2.75) is 32.9 Å². The Morgan fingerprint density at radius 2 is 1.81 bits per heavy atom. The highest BCUT2D eigenvalue weighted by molar-refractivity contribution is 7.99. The van der Waals surface area contributed by atoms with Gasteiger partial charge in [-0.25, -0.2) is 4.40 Å². The molecule has 1 aromatic carbocycles. The van der Waals surface area contributed by atoms with E-state index in [2.05, 4.69) is 36.1 Å². The van der Waals surface area contributed by atoms with Gasteiger partial charge in [-0.1, -0.05) is 11.8 Å². The van der Waals surface area contributed by atoms with Gasteiger partial charge in [0, 0.05) is 19.2 Å². The van der Waals surface area contributed by atoms with Crippen molar-refractivity contribution in [3.05, 3.63) is 18.2 Å². The summed E-state index contributed by atoms with van der Waals surface area (Å²) >= 11 is 1.24. The fourth-order valence-electron chi connectivity index (χ4n) is 2.86. The first-order valence-electron chi connectivity index (χ1n) is 10.5. The Balaban J connectivity index is 1.75. The van der Waals surface area contributed by atoms with E-state index in [1.54, 1.807) is 16.5 Å². The molecule has 12 heteroatoms. The SMILES string of the molecule is CCNc1nc(NCC)n2c(SCC(=O)Nc3cc(OCC)ccc3OCC)nnc2n1. The molecule has 3 aromatic rings. The van der Waals surface area contributed by atoms with Gasteiger partial charge in [0.05, 0.1) is 24.7 Å². The van der Waals surface area contributed by atoms with Crippen LogP contribution in [0, 0.1) is 0 Å². The zero-order valence-electron chi connectivity index (χ0n) is 18.6. The van der Waals surface area contributed by atoms with Crippen LogP contribution in [-0.2, 0) is 4.79 Å². The maximum Gasteiger partial charge on any atom is 0.261 e. The number of carbonyl (C=O) groups is 1. The maximum atomic E-state index is 12.7. The number of carbonyl (C=O) groups excluding carboxylic acids is 1. The molecule has 3 rings (SSSR count). The standard InChI is InChI=1S/C20H28N8O3S/c1-5-21-17-24-18(22-6-2)28-19(25-17)26-27-20(28)32-12-16(29)23-14-11-13(30-7-3)9-10-15(14)31-8-4/h9-11H,5-8,12H2,1-4H3,(H,23,29)(H2,21,22,24,25,26). The van der Waals surface area contributed by atoms with E-state index >= 15 is 0 Å². The number of ether oxygens (including phenoxy) is 2. The van der Waals surface area contributed by atoms with Gasteiger partial charge in [0.25, 0.3) is 5.78 Å². The van der Waals surface area contributed by atoms with Crippen LogP contribution in [0.15, 0.2) is 23.4 Å². The molecule has 0 saturated carbocycles. The van der Waals surface area contributed by atoms with Crippen molar-refractivity contribution < 1.29 is 14.3 Å². The first-order valence-corrected chi connectivity index (χ1v) is 11.5. The van der Waals surface area contributed by atoms with Gasteiger partial charge >= 0.3 is 0 Å². The van der Waals surface area contributed by atoms with E-state index in [-0.39, 0.29) is 11.7 Å². The Bertz CT molecular complexity index is 1060. The molecule has 3 N–H and O–H groups in total. The summed E-state index contributed by atoms with van der Waals surface area (Å²) in [7, 11) is 0. The van der Waals surface area contributed by atoms with Crippen LogP contribution in [0.3, 0.4) is 0 Å². The first-order chi connectivity index (χ1) is 15.6. The molecule has 11 nitrogen and oxygen atoms in total. The second kappa shape index (κ2) is 11.4. The Morgan fingerprint density at radius 1 is 1.03 bits per heavy atom. The largest absolute Gasteiger partial charge is 0.494 e. The smallest absolute Gasteiger partial charge is 0.261 e. The van der Waals surface area contributed by atoms with Gasteiger partial charge in [-0.15, -0.1) is 10.2 Å². The second-order valence-electron chi connectivity index (χ2n) is 6.41. The lowest BCUT2D eigenvalue weighted by molar-refractivity contribution is -0.113. The lowest BCUT2D eigenvalue weighted by atomic mass is 10.2. The van der Waals surface area contributed by atoms with Gasteiger partial charge in [-0.3, -0.25) is 4.79 Å². The third-order valence-electron chi connectivity index (χ3n) is 4.08. The molecule has 32 heavy (non-hydrogen) atoms. The summed E-state index contributed by atoms with van der Waals surface area (Å²) in [4.78, 5) is 21.5. The van der Waals surface area contributed by atoms with Crippen LogP contribution >= 0.6 is 11.8 Å². The van der Waals surface area contributed by atoms with Crippen molar-refractivity contribution >= 4 is 41.0 Å². The molecular formula is C20H28N8O3S. The van der Waals surface area contributed by atoms with Crippen LogP contribution in [0.1, 0.15) is 27.7 Å². The number of amides is 1. The molecule has 172 valence electrons. The second-order valence-corrected chi connectivity index (χ2v) is 7.35. The number of thioether (sulfide) groups is 1. The van der Waals surface area contributed by atoms with E-state index in [0.29, 0.717) is 66.3 Å². The number of benzene rings is 1. The van der Waals surface area contributed by atoms with Crippen molar-refractivity contribution in [2.75, 3.05) is 48.0 Å². The van der Waals surface area contributed by atoms with Crippen molar-refractivity contribution in [3.8, 4) is 11.5 Å². The fraction of sp³-hybridized carbons (Fsp3) is 0.450. The predicted molar refractivity (Wildman–Crippen MR) is 125 cm³/mol. The molecular weight excluding hydrogens is 432 g/mol. The molecule has 0 spiro atoms. The van der Waals surface area contributed by atoms with Gasteiger partial charge in [0.2, 0.25) is 17.8 Å². The van der Waals surface area contributed by atoms with Gasteiger partial charge in [0.15, 0.2) is 5.16 Å². The minimum atomic E-state index is -0.212. The van der Waals surface area contributed by atoms with Crippen LogP contribution in [0.4, 0.5) is 17.6 Å². The Kier molecular flexibility index (Phi) is 8.31. The molecule has 2 aromatic heterocycles. The van der Waals surface area contributed by atoms with Gasteiger partial charge in [0.1, 0.15) is 11.5 Å². The van der Waals surface area contributed by atoms with Gasteiger partial charge in [-0.05, 0) is 39.8 Å². The van der Waals surface area contributed by atoms with Gasteiger partial charge in [-0.2, -0.15) is 9.97 Å². The van der Waals surface area contributed by atoms with E-state index in [0.717, 1.165) is 0 Å². The number of anilines is 3.